The van der Waals surface area contributed by atoms with E-state index < -0.39 is 29.7 Å². The summed E-state index contributed by atoms with van der Waals surface area (Å²) in [5.41, 5.74) is 0.135. The summed E-state index contributed by atoms with van der Waals surface area (Å²) in [7, 11) is 1.19. The highest BCUT2D eigenvalue weighted by atomic mass is 19.1. The summed E-state index contributed by atoms with van der Waals surface area (Å²) in [4.78, 5) is 33.7. The van der Waals surface area contributed by atoms with E-state index in [4.69, 9.17) is 5.11 Å². The standard InChI is InChI=1S/C13H14FNO5/c1-20-11(16)7-6-10(13(18)19)15-12(17)8-2-4-9(14)5-3-8/h2-5,10H,6-7H2,1H3,(H,15,17)(H,18,19). The molecule has 0 aliphatic rings. The third-order valence-corrected chi connectivity index (χ3v) is 2.57. The number of esters is 1. The third kappa shape index (κ3) is 4.68. The first-order valence-corrected chi connectivity index (χ1v) is 5.80. The maximum atomic E-state index is 12.7. The highest BCUT2D eigenvalue weighted by Crippen LogP contribution is 2.05. The minimum absolute atomic E-state index is 0.0884. The van der Waals surface area contributed by atoms with Gasteiger partial charge in [-0.3, -0.25) is 9.59 Å². The summed E-state index contributed by atoms with van der Waals surface area (Å²) in [6.07, 6.45) is -0.216. The summed E-state index contributed by atoms with van der Waals surface area (Å²) in [6.45, 7) is 0. The number of carboxylic acid groups (broad SMARTS) is 1. The number of nitrogens with one attached hydrogen (secondary N) is 1. The van der Waals surface area contributed by atoms with Crippen LogP contribution in [0.1, 0.15) is 23.2 Å². The summed E-state index contributed by atoms with van der Waals surface area (Å²) < 4.78 is 17.1. The first-order valence-electron chi connectivity index (χ1n) is 5.80. The fourth-order valence-corrected chi connectivity index (χ4v) is 1.46. The van der Waals surface area contributed by atoms with Crippen molar-refractivity contribution in [2.75, 3.05) is 7.11 Å². The van der Waals surface area contributed by atoms with Crippen LogP contribution in [0, 0.1) is 5.82 Å². The molecule has 1 amide bonds. The molecule has 0 aliphatic heterocycles. The van der Waals surface area contributed by atoms with Crippen molar-refractivity contribution >= 4 is 17.8 Å². The van der Waals surface area contributed by atoms with Gasteiger partial charge in [0.05, 0.1) is 7.11 Å². The molecule has 0 aromatic heterocycles. The van der Waals surface area contributed by atoms with Crippen LogP contribution < -0.4 is 5.32 Å². The van der Waals surface area contributed by atoms with Crippen LogP contribution in [0.2, 0.25) is 0 Å². The van der Waals surface area contributed by atoms with Crippen molar-refractivity contribution in [3.05, 3.63) is 35.6 Å². The maximum absolute atomic E-state index is 12.7. The molecule has 0 aliphatic carbocycles. The molecule has 0 fully saturated rings. The van der Waals surface area contributed by atoms with Gasteiger partial charge in [0.2, 0.25) is 0 Å². The Balaban J connectivity index is 2.65. The first kappa shape index (κ1) is 15.6. The predicted octanol–water partition coefficient (Wildman–Crippen LogP) is 0.962. The summed E-state index contributed by atoms with van der Waals surface area (Å²) in [5.74, 6) is -2.97. The van der Waals surface area contributed by atoms with E-state index in [1.54, 1.807) is 0 Å². The van der Waals surface area contributed by atoms with Gasteiger partial charge in [-0.15, -0.1) is 0 Å². The second-order valence-corrected chi connectivity index (χ2v) is 3.99. The molecule has 7 heteroatoms. The molecule has 0 saturated carbocycles. The van der Waals surface area contributed by atoms with E-state index in [2.05, 4.69) is 10.1 Å². The van der Waals surface area contributed by atoms with Gasteiger partial charge in [0, 0.05) is 12.0 Å². The molecule has 1 aromatic rings. The van der Waals surface area contributed by atoms with E-state index in [0.29, 0.717) is 0 Å². The largest absolute Gasteiger partial charge is 0.480 e. The van der Waals surface area contributed by atoms with Crippen LogP contribution in [-0.4, -0.2) is 36.1 Å². The van der Waals surface area contributed by atoms with Crippen molar-refractivity contribution in [3.8, 4) is 0 Å². The Morgan fingerprint density at radius 2 is 1.90 bits per heavy atom. The van der Waals surface area contributed by atoms with E-state index >= 15 is 0 Å². The van der Waals surface area contributed by atoms with Gasteiger partial charge in [-0.05, 0) is 30.7 Å². The number of rotatable bonds is 6. The number of carbonyl (C=O) groups is 3. The average Bonchev–Trinajstić information content (AvgIpc) is 2.43. The zero-order valence-corrected chi connectivity index (χ0v) is 10.8. The van der Waals surface area contributed by atoms with E-state index in [-0.39, 0.29) is 18.4 Å². The number of benzene rings is 1. The second-order valence-electron chi connectivity index (χ2n) is 3.99. The molecule has 6 nitrogen and oxygen atoms in total. The van der Waals surface area contributed by atoms with Gasteiger partial charge in [0.1, 0.15) is 11.9 Å². The quantitative estimate of drug-likeness (QED) is 0.759. The normalized spacial score (nSPS) is 11.5. The molecule has 2 N–H and O–H groups in total. The Bertz CT molecular complexity index is 500. The Morgan fingerprint density at radius 3 is 2.40 bits per heavy atom. The van der Waals surface area contributed by atoms with Crippen LogP contribution in [0.4, 0.5) is 4.39 Å². The van der Waals surface area contributed by atoms with Crippen molar-refractivity contribution in [2.45, 2.75) is 18.9 Å². The molecule has 20 heavy (non-hydrogen) atoms. The molecule has 0 heterocycles. The van der Waals surface area contributed by atoms with E-state index in [1.807, 2.05) is 0 Å². The van der Waals surface area contributed by atoms with Crippen LogP contribution in [0.25, 0.3) is 0 Å². The van der Waals surface area contributed by atoms with Gasteiger partial charge in [0.25, 0.3) is 5.91 Å². The number of methoxy groups -OCH3 is 1. The van der Waals surface area contributed by atoms with Crippen LogP contribution in [0.5, 0.6) is 0 Å². The molecule has 1 atom stereocenters. The monoisotopic (exact) mass is 283 g/mol. The molecule has 1 unspecified atom stereocenters. The Kier molecular flexibility index (Phi) is 5.64. The van der Waals surface area contributed by atoms with Crippen molar-refractivity contribution in [3.63, 3.8) is 0 Å². The number of halogens is 1. The lowest BCUT2D eigenvalue weighted by atomic mass is 10.1. The van der Waals surface area contributed by atoms with Gasteiger partial charge >= 0.3 is 11.9 Å². The zero-order valence-electron chi connectivity index (χ0n) is 10.8. The SMILES string of the molecule is COC(=O)CCC(NC(=O)c1ccc(F)cc1)C(=O)O. The summed E-state index contributed by atoms with van der Waals surface area (Å²) >= 11 is 0. The number of amides is 1. The number of aliphatic carboxylic acids is 1. The van der Waals surface area contributed by atoms with E-state index in [0.717, 1.165) is 12.1 Å². The Labute approximate surface area is 114 Å². The number of carbonyl (C=O) groups excluding carboxylic acids is 2. The molecule has 0 radical (unpaired) electrons. The van der Waals surface area contributed by atoms with Crippen LogP contribution in [-0.2, 0) is 14.3 Å². The molecule has 1 rings (SSSR count). The third-order valence-electron chi connectivity index (χ3n) is 2.57. The molecule has 0 bridgehead atoms. The smallest absolute Gasteiger partial charge is 0.326 e. The number of hydrogen-bond donors (Lipinski definition) is 2. The Morgan fingerprint density at radius 1 is 1.30 bits per heavy atom. The lowest BCUT2D eigenvalue weighted by molar-refractivity contribution is -0.142. The van der Waals surface area contributed by atoms with Crippen molar-refractivity contribution in [2.24, 2.45) is 0 Å². The summed E-state index contributed by atoms with van der Waals surface area (Å²) in [6, 6.07) is 3.46. The van der Waals surface area contributed by atoms with Crippen molar-refractivity contribution in [1.82, 2.24) is 5.32 Å². The lowest BCUT2D eigenvalue weighted by Crippen LogP contribution is -2.41. The molecule has 0 spiro atoms. The van der Waals surface area contributed by atoms with Gasteiger partial charge in [-0.2, -0.15) is 0 Å². The highest BCUT2D eigenvalue weighted by Gasteiger charge is 2.21. The lowest BCUT2D eigenvalue weighted by Gasteiger charge is -2.13. The van der Waals surface area contributed by atoms with Crippen molar-refractivity contribution in [1.29, 1.82) is 0 Å². The molecular formula is C13H14FNO5. The average molecular weight is 283 g/mol. The van der Waals surface area contributed by atoms with E-state index in [9.17, 15) is 18.8 Å². The highest BCUT2D eigenvalue weighted by molar-refractivity contribution is 5.96. The van der Waals surface area contributed by atoms with Crippen LogP contribution >= 0.6 is 0 Å². The molecule has 1 aromatic carbocycles. The number of hydrogen-bond acceptors (Lipinski definition) is 4. The van der Waals surface area contributed by atoms with Gasteiger partial charge in [-0.1, -0.05) is 0 Å². The van der Waals surface area contributed by atoms with Crippen molar-refractivity contribution < 1.29 is 28.6 Å². The van der Waals surface area contributed by atoms with Gasteiger partial charge in [-0.25, -0.2) is 9.18 Å². The van der Waals surface area contributed by atoms with Gasteiger partial charge < -0.3 is 15.2 Å². The predicted molar refractivity (Wildman–Crippen MR) is 66.5 cm³/mol. The molecular weight excluding hydrogens is 269 g/mol. The van der Waals surface area contributed by atoms with E-state index in [1.165, 1.54) is 19.2 Å². The fraction of sp³-hybridized carbons (Fsp3) is 0.308. The zero-order chi connectivity index (χ0) is 15.1. The molecule has 0 saturated heterocycles. The van der Waals surface area contributed by atoms with Crippen LogP contribution in [0.3, 0.4) is 0 Å². The number of ether oxygens (including phenoxy) is 1. The summed E-state index contributed by atoms with van der Waals surface area (Å²) in [5, 5.41) is 11.2. The second kappa shape index (κ2) is 7.22. The Hall–Kier alpha value is -2.44. The minimum atomic E-state index is -1.26. The fourth-order valence-electron chi connectivity index (χ4n) is 1.46. The topological polar surface area (TPSA) is 92.7 Å². The first-order chi connectivity index (χ1) is 9.43. The van der Waals surface area contributed by atoms with Crippen LogP contribution in [0.15, 0.2) is 24.3 Å². The minimum Gasteiger partial charge on any atom is -0.480 e. The number of carboxylic acids is 1. The maximum Gasteiger partial charge on any atom is 0.326 e. The molecule has 108 valence electrons. The van der Waals surface area contributed by atoms with Gasteiger partial charge in [0.15, 0.2) is 0 Å².